The van der Waals surface area contributed by atoms with Gasteiger partial charge in [0.2, 0.25) is 11.1 Å². The van der Waals surface area contributed by atoms with E-state index in [0.29, 0.717) is 12.1 Å². The van der Waals surface area contributed by atoms with Crippen LogP contribution in [0, 0.1) is 19.1 Å². The Labute approximate surface area is 407 Å². The number of hydrogen-bond donors (Lipinski definition) is 2. The van der Waals surface area contributed by atoms with Crippen molar-refractivity contribution in [1.29, 1.82) is 0 Å². The van der Waals surface area contributed by atoms with Crippen LogP contribution in [-0.4, -0.2) is 68.9 Å². The molecular weight excluding hydrogens is 916 g/mol. The van der Waals surface area contributed by atoms with Crippen molar-refractivity contribution >= 4 is 96.4 Å². The molecule has 1 aromatic heterocycles. The first-order valence-electron chi connectivity index (χ1n) is 13.7. The van der Waals surface area contributed by atoms with Crippen molar-refractivity contribution in [1.82, 2.24) is 15.0 Å². The molecule has 5 aromatic rings. The number of nitrogens with one attached hydrogen (secondary N) is 1. The third-order valence-corrected chi connectivity index (χ3v) is 9.27. The minimum absolute atomic E-state index is 0. The Morgan fingerprint density at radius 2 is 1.18 bits per heavy atom. The number of aryl methyl sites for hydroxylation is 1. The first-order chi connectivity index (χ1) is 24.5. The van der Waals surface area contributed by atoms with Crippen LogP contribution in [0.15, 0.2) is 80.2 Å². The summed E-state index contributed by atoms with van der Waals surface area (Å²) in [4.78, 5) is 25.6. The van der Waals surface area contributed by atoms with Gasteiger partial charge in [0.15, 0.2) is 0 Å². The summed E-state index contributed by atoms with van der Waals surface area (Å²) in [6.45, 7) is 3.89. The van der Waals surface area contributed by atoms with Gasteiger partial charge in [0.05, 0.1) is 9.79 Å². The van der Waals surface area contributed by atoms with Crippen LogP contribution in [0.4, 0.5) is 27.9 Å². The van der Waals surface area contributed by atoms with Crippen molar-refractivity contribution in [2.45, 2.75) is 40.4 Å². The Morgan fingerprint density at radius 3 is 1.61 bits per heavy atom. The van der Waals surface area contributed by atoms with E-state index < -0.39 is 78.3 Å². The van der Waals surface area contributed by atoms with Gasteiger partial charge >= 0.3 is 135 Å². The van der Waals surface area contributed by atoms with Gasteiger partial charge in [0.1, 0.15) is 35.9 Å². The molecule has 0 radical (unpaired) electrons. The van der Waals surface area contributed by atoms with Crippen molar-refractivity contribution in [3.05, 3.63) is 78.6 Å². The fraction of sp³-hybridized carbons (Fsp3) is 0.107. The summed E-state index contributed by atoms with van der Waals surface area (Å²) in [7, 11) is -20.3. The van der Waals surface area contributed by atoms with E-state index >= 15 is 0 Å². The maximum absolute atomic E-state index is 13.4. The molecular formula is C28H22ClF4K2N5O12S4. The van der Waals surface area contributed by atoms with Crippen molar-refractivity contribution in [2.75, 3.05) is 11.1 Å². The zero-order chi connectivity index (χ0) is 41.6. The van der Waals surface area contributed by atoms with Crippen LogP contribution in [0.5, 0.6) is 0 Å². The van der Waals surface area contributed by atoms with Gasteiger partial charge in [-0.2, -0.15) is 40.6 Å². The number of anilines is 2. The number of nitrogens with two attached hydrogens (primary N) is 1. The third-order valence-electron chi connectivity index (χ3n) is 5.92. The van der Waals surface area contributed by atoms with E-state index in [1.807, 2.05) is 0 Å². The predicted octanol–water partition coefficient (Wildman–Crippen LogP) is -2.42. The van der Waals surface area contributed by atoms with Gasteiger partial charge in [-0.1, -0.05) is 12.1 Å². The summed E-state index contributed by atoms with van der Waals surface area (Å²) in [6.07, 6.45) is -2.17. The molecule has 0 bridgehead atoms. The van der Waals surface area contributed by atoms with E-state index in [1.54, 1.807) is 0 Å². The number of carbonyl (C=O) groups excluding carboxylic acids is 2. The molecule has 0 aliphatic carbocycles. The Balaban J connectivity index is 0.000000806. The Morgan fingerprint density at radius 1 is 0.679 bits per heavy atom. The van der Waals surface area contributed by atoms with E-state index in [-0.39, 0.29) is 147 Å². The van der Waals surface area contributed by atoms with E-state index in [0.717, 1.165) is 18.2 Å². The number of nitrogens with zero attached hydrogens (tertiary/aromatic N) is 3. The zero-order valence-electron chi connectivity index (χ0n) is 29.1. The number of benzene rings is 4. The molecule has 0 spiro atoms. The second-order valence-electron chi connectivity index (χ2n) is 10.1. The minimum atomic E-state index is -5.30. The topological polar surface area (TPSA) is 294 Å². The number of halogens is 5. The summed E-state index contributed by atoms with van der Waals surface area (Å²) in [5, 5.41) is 1.92. The molecule has 5 rings (SSSR count). The fourth-order valence-corrected chi connectivity index (χ4v) is 6.66. The molecule has 0 atom stereocenters. The molecule has 28 heteroatoms. The van der Waals surface area contributed by atoms with Gasteiger partial charge in [0, 0.05) is 30.6 Å². The van der Waals surface area contributed by atoms with Crippen molar-refractivity contribution in [2.24, 2.45) is 0 Å². The first-order valence-corrected chi connectivity index (χ1v) is 19.6. The van der Waals surface area contributed by atoms with Gasteiger partial charge in [-0.05, 0) is 83.2 Å². The van der Waals surface area contributed by atoms with Crippen LogP contribution in [0.3, 0.4) is 0 Å². The first kappa shape index (κ1) is 54.4. The minimum Gasteiger partial charge on any atom is -0.744 e. The molecule has 0 aliphatic rings. The zero-order valence-corrected chi connectivity index (χ0v) is 39.4. The molecule has 0 aliphatic heterocycles. The van der Waals surface area contributed by atoms with Crippen LogP contribution < -0.4 is 114 Å². The SMILES string of the molecule is CC(=O)Cl.CC(=O)Nc1ccc2cc(S(=O)(=O)F)cc(S(=O)(=O)F)c2c1.Cc1nc(F)nc(F)n1.Nc1ccc2c(S(=O)(=O)[O-])cc(S(=O)(=O)[O-])cc2c1.[K+].[K+]. The van der Waals surface area contributed by atoms with Crippen LogP contribution in [0.2, 0.25) is 0 Å². The summed E-state index contributed by atoms with van der Waals surface area (Å²) >= 11 is 4.64. The fourth-order valence-electron chi connectivity index (χ4n) is 4.02. The smallest absolute Gasteiger partial charge is 0.744 e. The maximum atomic E-state index is 13.4. The van der Waals surface area contributed by atoms with E-state index in [2.05, 4.69) is 31.9 Å². The summed E-state index contributed by atoms with van der Waals surface area (Å²) in [6, 6.07) is 10.4. The number of hydrogen-bond acceptors (Lipinski definition) is 16. The van der Waals surface area contributed by atoms with E-state index in [9.17, 15) is 68.9 Å². The Bertz CT molecular complexity index is 2680. The molecule has 1 amide bonds. The number of fused-ring (bicyclic) bond motifs is 2. The molecule has 0 fully saturated rings. The molecule has 0 saturated carbocycles. The van der Waals surface area contributed by atoms with Crippen LogP contribution in [0.1, 0.15) is 19.7 Å². The molecule has 3 N–H and O–H groups in total. The average Bonchev–Trinajstić information content (AvgIpc) is 2.97. The average molecular weight is 938 g/mol. The predicted molar refractivity (Wildman–Crippen MR) is 180 cm³/mol. The Hall–Kier alpha value is -1.65. The normalized spacial score (nSPS) is 11.2. The quantitative estimate of drug-likeness (QED) is 0.0610. The molecule has 292 valence electrons. The van der Waals surface area contributed by atoms with Crippen LogP contribution in [-0.2, 0) is 50.3 Å². The second-order valence-corrected chi connectivity index (χ2v) is 16.0. The van der Waals surface area contributed by atoms with Gasteiger partial charge in [-0.25, -0.2) is 16.8 Å². The number of carbonyl (C=O) groups is 2. The largest absolute Gasteiger partial charge is 1.00 e. The van der Waals surface area contributed by atoms with Gasteiger partial charge in [-0.3, -0.25) is 9.59 Å². The van der Waals surface area contributed by atoms with Crippen molar-refractivity contribution in [3.8, 4) is 0 Å². The number of rotatable bonds is 5. The number of amides is 1. The van der Waals surface area contributed by atoms with E-state index in [4.69, 9.17) is 5.73 Å². The monoisotopic (exact) mass is 937 g/mol. The molecule has 17 nitrogen and oxygen atoms in total. The number of aromatic nitrogens is 3. The Kier molecular flexibility index (Phi) is 21.4. The third kappa shape index (κ3) is 17.7. The standard InChI is InChI=1S/C12H9F2NO5S2.C10H9NO6S2.C4H3F2N3.C2H3ClO.2K/c1-7(16)15-9-3-2-8-4-10(21(13,17)18)6-12(11(8)5-9)22(14,19)20;11-7-1-2-9-6(3-7)4-8(18(12,13)14)5-10(9)19(15,16)17;1-2-7-3(5)9-4(6)8-2;1-2(3)4;;/h2-6H,1H3,(H,15,16);1-5H,11H2,(H,12,13,14)(H,15,16,17);1H3;1H3;;/q;;;;2*+1/p-2. The summed E-state index contributed by atoms with van der Waals surface area (Å²) in [5.74, 6) is -0.396. The molecule has 1 heterocycles. The summed E-state index contributed by atoms with van der Waals surface area (Å²) in [5.41, 5.74) is 5.91. The number of nitrogen functional groups attached to an aromatic ring is 1. The van der Waals surface area contributed by atoms with E-state index in [1.165, 1.54) is 51.1 Å². The van der Waals surface area contributed by atoms with Crippen LogP contribution >= 0.6 is 11.6 Å². The molecule has 0 unspecified atom stereocenters. The molecule has 4 aromatic carbocycles. The van der Waals surface area contributed by atoms with Gasteiger partial charge < -0.3 is 20.2 Å². The van der Waals surface area contributed by atoms with Gasteiger partial charge in [-0.15, -0.1) is 7.77 Å². The van der Waals surface area contributed by atoms with Gasteiger partial charge in [0.25, 0.3) is 0 Å². The summed E-state index contributed by atoms with van der Waals surface area (Å²) < 4.78 is 161. The van der Waals surface area contributed by atoms with Crippen LogP contribution in [0.25, 0.3) is 21.5 Å². The second kappa shape index (κ2) is 22.1. The molecule has 0 saturated heterocycles. The van der Waals surface area contributed by atoms with Crippen molar-refractivity contribution < 1.29 is 172 Å². The maximum Gasteiger partial charge on any atom is 1.00 e. The van der Waals surface area contributed by atoms with Crippen molar-refractivity contribution in [3.63, 3.8) is 0 Å². The molecule has 56 heavy (non-hydrogen) atoms.